The van der Waals surface area contributed by atoms with Gasteiger partial charge >= 0.3 is 11.6 Å². The highest BCUT2D eigenvalue weighted by Gasteiger charge is 2.31. The Morgan fingerprint density at radius 1 is 1.29 bits per heavy atom. The zero-order valence-corrected chi connectivity index (χ0v) is 16.4. The van der Waals surface area contributed by atoms with Crippen LogP contribution in [0.15, 0.2) is 28.0 Å². The molecule has 0 amide bonds. The molecule has 0 atom stereocenters. The van der Waals surface area contributed by atoms with Crippen LogP contribution in [0.5, 0.6) is 11.8 Å². The van der Waals surface area contributed by atoms with Gasteiger partial charge in [-0.1, -0.05) is 37.8 Å². The SMILES string of the molecule is CCCn1c(Oc2ccc(F)cc2Cl)nc(=O)c2c1N=C(C1CCCCC1)[N]2. The number of nitrogens with zero attached hydrogens (tertiary/aromatic N) is 4. The molecule has 1 aliphatic heterocycles. The van der Waals surface area contributed by atoms with Gasteiger partial charge in [-0.3, -0.25) is 9.36 Å². The van der Waals surface area contributed by atoms with Gasteiger partial charge in [0.1, 0.15) is 17.4 Å². The van der Waals surface area contributed by atoms with Crippen molar-refractivity contribution in [3.63, 3.8) is 0 Å². The number of aromatic nitrogens is 2. The average Bonchev–Trinajstić information content (AvgIpc) is 3.14. The molecule has 147 valence electrons. The fourth-order valence-electron chi connectivity index (χ4n) is 3.68. The minimum Gasteiger partial charge on any atom is -0.424 e. The minimum atomic E-state index is -0.481. The first-order chi connectivity index (χ1) is 13.6. The molecule has 1 aromatic carbocycles. The molecule has 0 unspecified atom stereocenters. The van der Waals surface area contributed by atoms with Gasteiger partial charge in [-0.05, 0) is 37.5 Å². The molecule has 1 aliphatic carbocycles. The first-order valence-corrected chi connectivity index (χ1v) is 10.0. The lowest BCUT2D eigenvalue weighted by molar-refractivity contribution is 0.400. The summed E-state index contributed by atoms with van der Waals surface area (Å²) in [7, 11) is 0. The number of benzene rings is 1. The van der Waals surface area contributed by atoms with E-state index in [0.29, 0.717) is 12.4 Å². The minimum absolute atomic E-state index is 0.0861. The van der Waals surface area contributed by atoms with Crippen LogP contribution >= 0.6 is 11.6 Å². The Balaban J connectivity index is 1.73. The maximum atomic E-state index is 13.3. The van der Waals surface area contributed by atoms with Gasteiger partial charge in [-0.2, -0.15) is 4.98 Å². The second-order valence-electron chi connectivity index (χ2n) is 7.12. The highest BCUT2D eigenvalue weighted by Crippen LogP contribution is 2.37. The van der Waals surface area contributed by atoms with Crippen LogP contribution in [0.4, 0.5) is 15.9 Å². The first kappa shape index (κ1) is 18.9. The van der Waals surface area contributed by atoms with Crippen LogP contribution in [0.3, 0.4) is 0 Å². The normalized spacial score (nSPS) is 16.5. The first-order valence-electron chi connectivity index (χ1n) is 9.65. The summed E-state index contributed by atoms with van der Waals surface area (Å²) < 4.78 is 20.8. The number of hydrogen-bond donors (Lipinski definition) is 0. The van der Waals surface area contributed by atoms with Crippen molar-refractivity contribution in [2.75, 3.05) is 0 Å². The highest BCUT2D eigenvalue weighted by molar-refractivity contribution is 6.32. The summed E-state index contributed by atoms with van der Waals surface area (Å²) in [5.74, 6) is 1.24. The molecule has 1 aromatic heterocycles. The number of aliphatic imine (C=N–C) groups is 1. The fourth-order valence-corrected chi connectivity index (χ4v) is 3.88. The van der Waals surface area contributed by atoms with E-state index in [1.807, 2.05) is 6.92 Å². The molecule has 1 fully saturated rings. The van der Waals surface area contributed by atoms with Gasteiger partial charge in [0.05, 0.1) is 5.02 Å². The Morgan fingerprint density at radius 3 is 2.79 bits per heavy atom. The van der Waals surface area contributed by atoms with Crippen LogP contribution in [0.25, 0.3) is 0 Å². The molecule has 0 saturated heterocycles. The summed E-state index contributed by atoms with van der Waals surface area (Å²) >= 11 is 6.06. The Hall–Kier alpha value is -2.41. The van der Waals surface area contributed by atoms with E-state index in [-0.39, 0.29) is 28.4 Å². The number of fused-ring (bicyclic) bond motifs is 1. The van der Waals surface area contributed by atoms with Crippen molar-refractivity contribution >= 4 is 28.9 Å². The third-order valence-corrected chi connectivity index (χ3v) is 5.35. The molecule has 2 aromatic rings. The summed E-state index contributed by atoms with van der Waals surface area (Å²) in [5, 5.41) is 4.62. The molecule has 6 nitrogen and oxygen atoms in total. The highest BCUT2D eigenvalue weighted by atomic mass is 35.5. The van der Waals surface area contributed by atoms with Gasteiger partial charge in [0.15, 0.2) is 11.5 Å². The van der Waals surface area contributed by atoms with Crippen molar-refractivity contribution in [3.8, 4) is 11.8 Å². The maximum Gasteiger partial charge on any atom is 0.307 e. The van der Waals surface area contributed by atoms with Crippen molar-refractivity contribution in [3.05, 3.63) is 39.4 Å². The molecular weight excluding hydrogens is 383 g/mol. The van der Waals surface area contributed by atoms with E-state index in [0.717, 1.165) is 44.0 Å². The summed E-state index contributed by atoms with van der Waals surface area (Å²) in [6.07, 6.45) is 6.42. The van der Waals surface area contributed by atoms with Crippen LogP contribution in [0.1, 0.15) is 45.4 Å². The smallest absolute Gasteiger partial charge is 0.307 e. The monoisotopic (exact) mass is 403 g/mol. The quantitative estimate of drug-likeness (QED) is 0.697. The predicted octanol–water partition coefficient (Wildman–Crippen LogP) is 5.10. The number of amidine groups is 1. The topological polar surface area (TPSA) is 70.6 Å². The van der Waals surface area contributed by atoms with E-state index >= 15 is 0 Å². The fraction of sp³-hybridized carbons (Fsp3) is 0.450. The molecule has 2 aliphatic rings. The van der Waals surface area contributed by atoms with Gasteiger partial charge in [-0.15, -0.1) is 0 Å². The zero-order chi connectivity index (χ0) is 19.7. The van der Waals surface area contributed by atoms with Crippen molar-refractivity contribution in [2.45, 2.75) is 52.0 Å². The predicted molar refractivity (Wildman–Crippen MR) is 106 cm³/mol. The number of hydrogen-bond acceptors (Lipinski definition) is 4. The van der Waals surface area contributed by atoms with E-state index in [4.69, 9.17) is 21.3 Å². The van der Waals surface area contributed by atoms with Gasteiger partial charge in [0.25, 0.3) is 0 Å². The molecule has 0 N–H and O–H groups in total. The van der Waals surface area contributed by atoms with Crippen molar-refractivity contribution in [2.24, 2.45) is 10.9 Å². The summed E-state index contributed by atoms with van der Waals surface area (Å²) in [6.45, 7) is 2.57. The van der Waals surface area contributed by atoms with Crippen molar-refractivity contribution < 1.29 is 9.13 Å². The summed E-state index contributed by atoms with van der Waals surface area (Å²) in [4.78, 5) is 21.3. The third-order valence-electron chi connectivity index (χ3n) is 5.06. The number of ether oxygens (including phenoxy) is 1. The largest absolute Gasteiger partial charge is 0.424 e. The Morgan fingerprint density at radius 2 is 2.07 bits per heavy atom. The number of rotatable bonds is 5. The van der Waals surface area contributed by atoms with Crippen molar-refractivity contribution in [1.29, 1.82) is 0 Å². The second-order valence-corrected chi connectivity index (χ2v) is 7.52. The van der Waals surface area contributed by atoms with Gasteiger partial charge < -0.3 is 4.74 Å². The lowest BCUT2D eigenvalue weighted by Gasteiger charge is -2.20. The molecular formula is C20H21ClFN4O2. The molecule has 1 saturated carbocycles. The standard InChI is InChI=1S/C20H21ClFN4O2/c1-2-10-26-18-16(23-17(24-18)12-6-4-3-5-7-12)19(27)25-20(26)28-15-9-8-13(22)11-14(15)21/h8-9,11-12H,2-7,10H2,1H3. The van der Waals surface area contributed by atoms with Crippen LogP contribution in [0.2, 0.25) is 5.02 Å². The van der Waals surface area contributed by atoms with Gasteiger partial charge in [-0.25, -0.2) is 14.7 Å². The molecule has 0 spiro atoms. The lowest BCUT2D eigenvalue weighted by atomic mass is 9.88. The second kappa shape index (κ2) is 7.91. The lowest BCUT2D eigenvalue weighted by Crippen LogP contribution is -2.24. The van der Waals surface area contributed by atoms with E-state index < -0.39 is 11.4 Å². The molecule has 4 rings (SSSR count). The van der Waals surface area contributed by atoms with E-state index in [2.05, 4.69) is 10.3 Å². The molecule has 2 heterocycles. The van der Waals surface area contributed by atoms with Gasteiger partial charge in [0, 0.05) is 12.5 Å². The zero-order valence-electron chi connectivity index (χ0n) is 15.6. The Kier molecular flexibility index (Phi) is 5.35. The summed E-state index contributed by atoms with van der Waals surface area (Å²) in [5.41, 5.74) is -0.211. The molecule has 1 radical (unpaired) electrons. The number of halogens is 2. The average molecular weight is 404 g/mol. The van der Waals surface area contributed by atoms with Crippen LogP contribution in [-0.4, -0.2) is 15.4 Å². The Bertz CT molecular complexity index is 983. The van der Waals surface area contributed by atoms with Gasteiger partial charge in [0.2, 0.25) is 0 Å². The third kappa shape index (κ3) is 3.63. The van der Waals surface area contributed by atoms with Crippen molar-refractivity contribution in [1.82, 2.24) is 14.9 Å². The molecule has 28 heavy (non-hydrogen) atoms. The van der Waals surface area contributed by atoms with E-state index in [1.54, 1.807) is 4.57 Å². The van der Waals surface area contributed by atoms with Crippen LogP contribution in [-0.2, 0) is 6.54 Å². The maximum absolute atomic E-state index is 13.3. The Labute approximate surface area is 167 Å². The molecule has 0 bridgehead atoms. The van der Waals surface area contributed by atoms with E-state index in [9.17, 15) is 9.18 Å². The molecule has 8 heteroatoms. The summed E-state index contributed by atoms with van der Waals surface area (Å²) in [6, 6.07) is 3.89. The van der Waals surface area contributed by atoms with Crippen LogP contribution in [0, 0.1) is 11.7 Å². The van der Waals surface area contributed by atoms with E-state index in [1.165, 1.54) is 18.6 Å². The van der Waals surface area contributed by atoms with Crippen LogP contribution < -0.4 is 15.6 Å².